The molecule has 2 heterocycles. The molecular formula is C15H27KN2. The summed E-state index contributed by atoms with van der Waals surface area (Å²) in [6.07, 6.45) is 6.51. The summed E-state index contributed by atoms with van der Waals surface area (Å²) in [6, 6.07) is 0. The second kappa shape index (κ2) is 9.27. The molecule has 0 spiro atoms. The number of nitrogens with zero attached hydrogens (tertiary/aromatic N) is 2. The van der Waals surface area contributed by atoms with Crippen molar-refractivity contribution in [1.29, 1.82) is 0 Å². The van der Waals surface area contributed by atoms with E-state index in [1.165, 1.54) is 50.9 Å². The van der Waals surface area contributed by atoms with Gasteiger partial charge in [-0.25, -0.2) is 0 Å². The van der Waals surface area contributed by atoms with Crippen LogP contribution in [-0.4, -0.2) is 37.6 Å². The van der Waals surface area contributed by atoms with Gasteiger partial charge in [0.2, 0.25) is 0 Å². The van der Waals surface area contributed by atoms with Gasteiger partial charge in [-0.2, -0.15) is 0 Å². The molecule has 2 fully saturated rings. The first kappa shape index (κ1) is 17.3. The van der Waals surface area contributed by atoms with E-state index in [4.69, 9.17) is 0 Å². The molecule has 1 unspecified atom stereocenters. The summed E-state index contributed by atoms with van der Waals surface area (Å²) in [4.78, 5) is 2.66. The molecule has 0 aromatic heterocycles. The van der Waals surface area contributed by atoms with Crippen LogP contribution < -0.4 is 51.4 Å². The van der Waals surface area contributed by atoms with Crippen LogP contribution in [0.5, 0.6) is 0 Å². The van der Waals surface area contributed by atoms with E-state index in [1.807, 2.05) is 0 Å². The molecule has 0 amide bonds. The zero-order valence-electron chi connectivity index (χ0n) is 12.3. The summed E-state index contributed by atoms with van der Waals surface area (Å²) in [5.74, 6) is 1.77. The Hall–Kier alpha value is 1.30. The molecule has 2 nitrogen and oxygen atoms in total. The molecule has 0 bridgehead atoms. The Morgan fingerprint density at radius 3 is 2.50 bits per heavy atom. The van der Waals surface area contributed by atoms with Crippen molar-refractivity contribution in [2.24, 2.45) is 11.8 Å². The van der Waals surface area contributed by atoms with Gasteiger partial charge in [0.1, 0.15) is 0 Å². The summed E-state index contributed by atoms with van der Waals surface area (Å²) >= 11 is 0. The van der Waals surface area contributed by atoms with Gasteiger partial charge in [-0.3, -0.25) is 0 Å². The van der Waals surface area contributed by atoms with E-state index in [1.54, 1.807) is 0 Å². The minimum absolute atomic E-state index is 0. The number of hydrogen-bond acceptors (Lipinski definition) is 1. The van der Waals surface area contributed by atoms with Gasteiger partial charge in [0.15, 0.2) is 0 Å². The van der Waals surface area contributed by atoms with Crippen molar-refractivity contribution in [1.82, 2.24) is 4.90 Å². The van der Waals surface area contributed by atoms with Crippen LogP contribution in [0.3, 0.4) is 0 Å². The smallest absolute Gasteiger partial charge is 0.662 e. The molecular weight excluding hydrogens is 247 g/mol. The summed E-state index contributed by atoms with van der Waals surface area (Å²) in [6.45, 7) is 12.5. The third-order valence-corrected chi connectivity index (χ3v) is 4.38. The zero-order valence-corrected chi connectivity index (χ0v) is 15.5. The van der Waals surface area contributed by atoms with E-state index in [9.17, 15) is 0 Å². The van der Waals surface area contributed by atoms with Gasteiger partial charge in [0.05, 0.1) is 0 Å². The Morgan fingerprint density at radius 2 is 1.94 bits per heavy atom. The molecule has 2 saturated heterocycles. The molecule has 98 valence electrons. The van der Waals surface area contributed by atoms with Gasteiger partial charge in [-0.1, -0.05) is 25.5 Å². The van der Waals surface area contributed by atoms with Gasteiger partial charge in [0, 0.05) is 0 Å². The molecule has 2 aliphatic rings. The van der Waals surface area contributed by atoms with Gasteiger partial charge >= 0.3 is 51.4 Å². The van der Waals surface area contributed by atoms with Crippen molar-refractivity contribution >= 4 is 0 Å². The minimum atomic E-state index is 0. The first-order chi connectivity index (χ1) is 8.28. The van der Waals surface area contributed by atoms with Crippen LogP contribution >= 0.6 is 0 Å². The fourth-order valence-electron chi connectivity index (χ4n) is 3.08. The summed E-state index contributed by atoms with van der Waals surface area (Å²) < 4.78 is 0. The second-order valence-electron chi connectivity index (χ2n) is 5.84. The number of likely N-dealkylation sites (tertiary alicyclic amines) is 1. The van der Waals surface area contributed by atoms with Crippen molar-refractivity contribution in [3.8, 4) is 0 Å². The van der Waals surface area contributed by atoms with E-state index in [-0.39, 0.29) is 51.4 Å². The second-order valence-corrected chi connectivity index (χ2v) is 5.84. The topological polar surface area (TPSA) is 17.3 Å². The average molecular weight is 274 g/mol. The first-order valence-electron chi connectivity index (χ1n) is 7.30. The summed E-state index contributed by atoms with van der Waals surface area (Å²) in [5.41, 5.74) is 1.44. The first-order valence-corrected chi connectivity index (χ1v) is 7.30. The number of hydrogen-bond donors (Lipinski definition) is 0. The minimum Gasteiger partial charge on any atom is -0.662 e. The van der Waals surface area contributed by atoms with E-state index in [0.717, 1.165) is 31.3 Å². The molecule has 1 atom stereocenters. The van der Waals surface area contributed by atoms with E-state index < -0.39 is 0 Å². The normalized spacial score (nSPS) is 25.9. The number of allylic oxidation sites excluding steroid dienone is 1. The standard InChI is InChI=1S/C15H27N2.K/c1-3-13(2)10-14-5-8-17(9-6-14)12-15-4-7-16-11-15;/h14-15H,2-12H2,1H3;/q-1;+1. The van der Waals surface area contributed by atoms with Crippen LogP contribution in [0.25, 0.3) is 5.32 Å². The summed E-state index contributed by atoms with van der Waals surface area (Å²) in [5, 5.41) is 4.46. The SMILES string of the molecule is C=C(CC)CC1CCN(CC2CC[N-]C2)CC1.[K+]. The monoisotopic (exact) mass is 274 g/mol. The van der Waals surface area contributed by atoms with Crippen LogP contribution in [-0.2, 0) is 0 Å². The fraction of sp³-hybridized carbons (Fsp3) is 0.867. The van der Waals surface area contributed by atoms with E-state index in [0.29, 0.717) is 0 Å². The Morgan fingerprint density at radius 1 is 1.22 bits per heavy atom. The largest absolute Gasteiger partial charge is 1.00 e. The van der Waals surface area contributed by atoms with E-state index in [2.05, 4.69) is 23.7 Å². The predicted molar refractivity (Wildman–Crippen MR) is 74.4 cm³/mol. The van der Waals surface area contributed by atoms with Crippen molar-refractivity contribution in [3.05, 3.63) is 17.5 Å². The molecule has 0 aromatic carbocycles. The maximum absolute atomic E-state index is 4.46. The maximum atomic E-state index is 4.46. The Bertz CT molecular complexity index is 241. The van der Waals surface area contributed by atoms with Crippen molar-refractivity contribution < 1.29 is 51.4 Å². The van der Waals surface area contributed by atoms with Crippen LogP contribution in [0, 0.1) is 11.8 Å². The van der Waals surface area contributed by atoms with Crippen LogP contribution in [0.2, 0.25) is 0 Å². The predicted octanol–water partition coefficient (Wildman–Crippen LogP) is 0.452. The third-order valence-electron chi connectivity index (χ3n) is 4.38. The Kier molecular flexibility index (Phi) is 8.94. The fourth-order valence-corrected chi connectivity index (χ4v) is 3.08. The molecule has 3 heteroatoms. The molecule has 0 N–H and O–H groups in total. The summed E-state index contributed by atoms with van der Waals surface area (Å²) in [7, 11) is 0. The van der Waals surface area contributed by atoms with Gasteiger partial charge in [-0.05, 0) is 57.2 Å². The van der Waals surface area contributed by atoms with Gasteiger partial charge in [-0.15, -0.1) is 13.1 Å². The van der Waals surface area contributed by atoms with Crippen LogP contribution in [0.1, 0.15) is 39.0 Å². The maximum Gasteiger partial charge on any atom is 1.00 e. The Labute approximate surface area is 155 Å². The van der Waals surface area contributed by atoms with E-state index >= 15 is 0 Å². The zero-order chi connectivity index (χ0) is 12.1. The average Bonchev–Trinajstić information content (AvgIpc) is 2.84. The van der Waals surface area contributed by atoms with Crippen LogP contribution in [0.15, 0.2) is 12.2 Å². The van der Waals surface area contributed by atoms with Gasteiger partial charge < -0.3 is 10.2 Å². The number of piperidine rings is 1. The third kappa shape index (κ3) is 5.74. The van der Waals surface area contributed by atoms with Crippen molar-refractivity contribution in [2.45, 2.75) is 39.0 Å². The molecule has 2 aliphatic heterocycles. The molecule has 18 heavy (non-hydrogen) atoms. The van der Waals surface area contributed by atoms with Crippen LogP contribution in [0.4, 0.5) is 0 Å². The number of rotatable bonds is 5. The quantitative estimate of drug-likeness (QED) is 0.526. The Balaban J connectivity index is 0.00000162. The molecule has 0 radical (unpaired) electrons. The molecule has 0 aromatic rings. The molecule has 0 aliphatic carbocycles. The molecule has 0 saturated carbocycles. The van der Waals surface area contributed by atoms with Crippen molar-refractivity contribution in [3.63, 3.8) is 0 Å². The molecule has 2 rings (SSSR count). The van der Waals surface area contributed by atoms with Crippen molar-refractivity contribution in [2.75, 3.05) is 32.7 Å². The van der Waals surface area contributed by atoms with Gasteiger partial charge in [0.25, 0.3) is 0 Å².